The minimum Gasteiger partial charge on any atom is -0.478 e. The molecule has 41 heavy (non-hydrogen) atoms. The van der Waals surface area contributed by atoms with Crippen LogP contribution in [0.2, 0.25) is 0 Å². The maximum absolute atomic E-state index is 13.3. The fraction of sp³-hybridized carbons (Fsp3) is 0.480. The second-order valence-corrected chi connectivity index (χ2v) is 12.5. The van der Waals surface area contributed by atoms with Gasteiger partial charge in [-0.1, -0.05) is 5.16 Å². The Kier molecular flexibility index (Phi) is 7.54. The van der Waals surface area contributed by atoms with Gasteiger partial charge >= 0.3 is 11.9 Å². The van der Waals surface area contributed by atoms with Gasteiger partial charge in [0.15, 0.2) is 10.8 Å². The molecule has 2 aromatic heterocycles. The van der Waals surface area contributed by atoms with Crippen molar-refractivity contribution in [2.75, 3.05) is 11.5 Å². The van der Waals surface area contributed by atoms with Crippen molar-refractivity contribution < 1.29 is 38.8 Å². The Morgan fingerprint density at radius 1 is 1.29 bits per heavy atom. The molecule has 4 heterocycles. The van der Waals surface area contributed by atoms with Crippen LogP contribution in [-0.2, 0) is 50.4 Å². The molecule has 1 aliphatic carbocycles. The molecule has 2 aliphatic heterocycles. The largest absolute Gasteiger partial charge is 0.478 e. The van der Waals surface area contributed by atoms with Gasteiger partial charge in [0.1, 0.15) is 40.7 Å². The third-order valence-electron chi connectivity index (χ3n) is 7.25. The van der Waals surface area contributed by atoms with E-state index in [0.29, 0.717) is 17.9 Å². The number of fused-ring (bicyclic) bond motifs is 2. The maximum atomic E-state index is 13.3. The van der Waals surface area contributed by atoms with Gasteiger partial charge in [-0.15, -0.1) is 23.1 Å². The summed E-state index contributed by atoms with van der Waals surface area (Å²) in [6.07, 6.45) is 6.05. The SMILES string of the molecule is C[n+]1cn(CC2=C(C(=O)O)N3C(=O)[C@@H](NC(=O)/C(=N\OC(C)(C)C(=O)O)c4csc(N)n4)[C@H]3SC2)c2c1CCCC2. The molecule has 5 N–H and O–H groups in total. The minimum atomic E-state index is -1.75. The smallest absolute Gasteiger partial charge is 0.352 e. The molecule has 3 aliphatic rings. The number of nitrogens with zero attached hydrogens (tertiary/aromatic N) is 5. The highest BCUT2D eigenvalue weighted by Crippen LogP contribution is 2.41. The number of anilines is 1. The Morgan fingerprint density at radius 2 is 2.02 bits per heavy atom. The fourth-order valence-corrected chi connectivity index (χ4v) is 6.95. The summed E-state index contributed by atoms with van der Waals surface area (Å²) in [5.74, 6) is -3.57. The second-order valence-electron chi connectivity index (χ2n) is 10.5. The first-order chi connectivity index (χ1) is 19.4. The fourth-order valence-electron chi connectivity index (χ4n) is 5.07. The summed E-state index contributed by atoms with van der Waals surface area (Å²) in [5, 5.41) is 26.7. The molecule has 1 fully saturated rings. The van der Waals surface area contributed by atoms with Crippen molar-refractivity contribution in [3.8, 4) is 0 Å². The topological polar surface area (TPSA) is 193 Å². The molecule has 0 saturated carbocycles. The third kappa shape index (κ3) is 5.28. The zero-order chi connectivity index (χ0) is 29.6. The Balaban J connectivity index is 1.37. The predicted molar refractivity (Wildman–Crippen MR) is 148 cm³/mol. The van der Waals surface area contributed by atoms with Gasteiger partial charge in [-0.05, 0) is 26.7 Å². The number of nitrogen functional groups attached to an aromatic ring is 1. The highest BCUT2D eigenvalue weighted by atomic mass is 32.2. The lowest BCUT2D eigenvalue weighted by Crippen LogP contribution is -2.71. The number of hydrogen-bond acceptors (Lipinski definition) is 10. The zero-order valence-electron chi connectivity index (χ0n) is 22.6. The molecule has 1 saturated heterocycles. The first-order valence-electron chi connectivity index (χ1n) is 12.9. The van der Waals surface area contributed by atoms with Crippen molar-refractivity contribution in [3.63, 3.8) is 0 Å². The second kappa shape index (κ2) is 10.8. The van der Waals surface area contributed by atoms with Gasteiger partial charge in [-0.25, -0.2) is 23.7 Å². The summed E-state index contributed by atoms with van der Waals surface area (Å²) in [7, 11) is 1.98. The summed E-state index contributed by atoms with van der Waals surface area (Å²) in [5.41, 5.74) is 6.61. The van der Waals surface area contributed by atoms with E-state index in [1.165, 1.54) is 47.3 Å². The average molecular weight is 605 g/mol. The Morgan fingerprint density at radius 3 is 2.68 bits per heavy atom. The Labute approximate surface area is 242 Å². The van der Waals surface area contributed by atoms with Crippen molar-refractivity contribution in [1.29, 1.82) is 0 Å². The minimum absolute atomic E-state index is 0.0442. The molecule has 5 rings (SSSR count). The van der Waals surface area contributed by atoms with Crippen molar-refractivity contribution in [2.45, 2.75) is 63.1 Å². The van der Waals surface area contributed by atoms with Gasteiger partial charge in [-0.2, -0.15) is 0 Å². The molecule has 0 unspecified atom stereocenters. The number of hydrogen-bond donors (Lipinski definition) is 4. The number of carboxylic acids is 2. The van der Waals surface area contributed by atoms with Crippen LogP contribution >= 0.6 is 23.1 Å². The molecule has 0 aromatic carbocycles. The van der Waals surface area contributed by atoms with E-state index in [1.54, 1.807) is 0 Å². The number of oxime groups is 1. The van der Waals surface area contributed by atoms with Gasteiger partial charge in [-0.3, -0.25) is 14.5 Å². The van der Waals surface area contributed by atoms with Crippen molar-refractivity contribution in [2.24, 2.45) is 12.2 Å². The van der Waals surface area contributed by atoms with E-state index in [-0.39, 0.29) is 22.2 Å². The Hall–Kier alpha value is -3.92. The number of thioether (sulfide) groups is 1. The molecule has 0 radical (unpaired) electrons. The van der Waals surface area contributed by atoms with Gasteiger partial charge in [0, 0.05) is 29.5 Å². The monoisotopic (exact) mass is 604 g/mol. The molecule has 218 valence electrons. The predicted octanol–water partition coefficient (Wildman–Crippen LogP) is 0.253. The van der Waals surface area contributed by atoms with Gasteiger partial charge in [0.2, 0.25) is 11.9 Å². The number of aromatic nitrogens is 3. The number of amides is 2. The van der Waals surface area contributed by atoms with Crippen LogP contribution < -0.4 is 15.6 Å². The summed E-state index contributed by atoms with van der Waals surface area (Å²) in [6.45, 7) is 2.87. The number of aliphatic carboxylic acids is 2. The van der Waals surface area contributed by atoms with Crippen molar-refractivity contribution in [3.05, 3.63) is 40.1 Å². The summed E-state index contributed by atoms with van der Waals surface area (Å²) < 4.78 is 4.14. The van der Waals surface area contributed by atoms with Crippen LogP contribution in [0.15, 0.2) is 28.1 Å². The van der Waals surface area contributed by atoms with Crippen LogP contribution in [0.25, 0.3) is 0 Å². The summed E-state index contributed by atoms with van der Waals surface area (Å²) in [6, 6.07) is -1.03. The summed E-state index contributed by atoms with van der Waals surface area (Å²) in [4.78, 5) is 60.7. The number of carbonyl (C=O) groups excluding carboxylic acids is 2. The number of rotatable bonds is 9. The van der Waals surface area contributed by atoms with Gasteiger partial charge in [0.05, 0.1) is 7.05 Å². The lowest BCUT2D eigenvalue weighted by molar-refractivity contribution is -0.678. The normalized spacial score (nSPS) is 20.7. The third-order valence-corrected chi connectivity index (χ3v) is 9.27. The van der Waals surface area contributed by atoms with E-state index in [2.05, 4.69) is 24.6 Å². The number of imidazole rings is 1. The number of β-lactam (4-membered cyclic amide) rings is 1. The molecule has 2 amide bonds. The molecule has 2 aromatic rings. The van der Waals surface area contributed by atoms with Crippen LogP contribution in [0.3, 0.4) is 0 Å². The lowest BCUT2D eigenvalue weighted by atomic mass is 10.00. The number of carboxylic acid groups (broad SMARTS) is 2. The Bertz CT molecular complexity index is 1510. The van der Waals surface area contributed by atoms with E-state index in [4.69, 9.17) is 10.6 Å². The quantitative estimate of drug-likeness (QED) is 0.133. The zero-order valence-corrected chi connectivity index (χ0v) is 24.3. The van der Waals surface area contributed by atoms with Crippen LogP contribution in [0.4, 0.5) is 5.13 Å². The number of aryl methyl sites for hydroxylation is 1. The number of carbonyl (C=O) groups is 4. The van der Waals surface area contributed by atoms with Crippen LogP contribution in [0.1, 0.15) is 43.8 Å². The van der Waals surface area contributed by atoms with E-state index in [9.17, 15) is 29.4 Å². The summed E-state index contributed by atoms with van der Waals surface area (Å²) >= 11 is 2.40. The number of nitrogens with two attached hydrogens (primary N) is 1. The van der Waals surface area contributed by atoms with Gasteiger partial charge in [0.25, 0.3) is 11.8 Å². The molecule has 14 nitrogen and oxygen atoms in total. The van der Waals surface area contributed by atoms with Crippen molar-refractivity contribution >= 4 is 57.7 Å². The average Bonchev–Trinajstić information content (AvgIpc) is 3.49. The van der Waals surface area contributed by atoms with E-state index in [0.717, 1.165) is 37.0 Å². The van der Waals surface area contributed by atoms with Crippen LogP contribution in [0, 0.1) is 0 Å². The molecular formula is C25H30N7O7S2+. The molecule has 2 atom stereocenters. The molecule has 16 heteroatoms. The maximum Gasteiger partial charge on any atom is 0.352 e. The number of thiazole rings is 1. The van der Waals surface area contributed by atoms with Crippen molar-refractivity contribution in [1.82, 2.24) is 19.8 Å². The van der Waals surface area contributed by atoms with Crippen LogP contribution in [0.5, 0.6) is 0 Å². The molecular weight excluding hydrogens is 574 g/mol. The molecule has 0 bridgehead atoms. The highest BCUT2D eigenvalue weighted by Gasteiger charge is 2.54. The molecule has 0 spiro atoms. The number of nitrogens with one attached hydrogen (secondary N) is 1. The lowest BCUT2D eigenvalue weighted by Gasteiger charge is -2.49. The first kappa shape index (κ1) is 28.6. The van der Waals surface area contributed by atoms with Crippen LogP contribution in [-0.4, -0.2) is 76.9 Å². The van der Waals surface area contributed by atoms with Gasteiger partial charge < -0.3 is 26.1 Å². The van der Waals surface area contributed by atoms with E-state index in [1.807, 2.05) is 13.4 Å². The highest BCUT2D eigenvalue weighted by molar-refractivity contribution is 8.00. The standard InChI is InChI=1S/C25H29N7O7S2/c1-25(2,23(37)38)39-29-16(13-10-41-24(26)27-13)19(33)28-17-20(34)32-18(22(35)36)12(9-40-21(17)32)8-31-11-30(3)14-6-4-5-7-15(14)31/h10-11,17,21H,4-9H2,1-3H3,(H4-,26,27,28,33,35,36,37,38)/p+1/b29-16-/t17-,21-/m1/s1. The van der Waals surface area contributed by atoms with E-state index >= 15 is 0 Å². The van der Waals surface area contributed by atoms with E-state index < -0.39 is 40.8 Å². The first-order valence-corrected chi connectivity index (χ1v) is 14.8.